The molecular weight excluding hydrogens is 335 g/mol. The van der Waals surface area contributed by atoms with Crippen molar-refractivity contribution in [3.05, 3.63) is 84.2 Å². The van der Waals surface area contributed by atoms with E-state index >= 15 is 0 Å². The van der Waals surface area contributed by atoms with Crippen LogP contribution in [0.2, 0.25) is 0 Å². The van der Waals surface area contributed by atoms with Gasteiger partial charge >= 0.3 is 6.03 Å². The molecule has 0 fully saturated rings. The second-order valence-corrected chi connectivity index (χ2v) is 5.77. The van der Waals surface area contributed by atoms with Crippen LogP contribution in [0, 0.1) is 5.82 Å². The highest BCUT2D eigenvalue weighted by atomic mass is 19.1. The molecule has 0 radical (unpaired) electrons. The highest BCUT2D eigenvalue weighted by molar-refractivity contribution is 5.73. The van der Waals surface area contributed by atoms with Crippen molar-refractivity contribution < 1.29 is 14.3 Å². The Morgan fingerprint density at radius 3 is 2.50 bits per heavy atom. The molecule has 0 aliphatic rings. The van der Waals surface area contributed by atoms with Gasteiger partial charge in [0.2, 0.25) is 0 Å². The number of aliphatic hydroxyl groups excluding tert-OH is 1. The maximum Gasteiger partial charge on any atom is 0.315 e. The Hall–Kier alpha value is -3.19. The molecule has 1 unspecified atom stereocenters. The number of rotatable bonds is 6. The lowest BCUT2D eigenvalue weighted by Gasteiger charge is -2.13. The second-order valence-electron chi connectivity index (χ2n) is 5.77. The topological polar surface area (TPSA) is 79.2 Å². The van der Waals surface area contributed by atoms with Gasteiger partial charge in [0.05, 0.1) is 12.4 Å². The van der Waals surface area contributed by atoms with Crippen LogP contribution >= 0.6 is 0 Å². The van der Waals surface area contributed by atoms with Crippen LogP contribution in [0.4, 0.5) is 9.18 Å². The predicted octanol–water partition coefficient (Wildman–Crippen LogP) is 2.54. The number of benzene rings is 2. The number of aromatic nitrogens is 2. The van der Waals surface area contributed by atoms with Crippen LogP contribution in [0.25, 0.3) is 5.69 Å². The summed E-state index contributed by atoms with van der Waals surface area (Å²) in [5, 5.41) is 15.3. The molecule has 3 aromatic rings. The van der Waals surface area contributed by atoms with Crippen LogP contribution in [-0.4, -0.2) is 27.2 Å². The largest absolute Gasteiger partial charge is 0.387 e. The fraction of sp³-hybridized carbons (Fsp3) is 0.158. The van der Waals surface area contributed by atoms with Gasteiger partial charge in [0.1, 0.15) is 5.82 Å². The molecule has 1 atom stereocenters. The zero-order valence-corrected chi connectivity index (χ0v) is 14.0. The Morgan fingerprint density at radius 1 is 1.12 bits per heavy atom. The quantitative estimate of drug-likeness (QED) is 0.636. The van der Waals surface area contributed by atoms with Crippen molar-refractivity contribution in [2.24, 2.45) is 0 Å². The van der Waals surface area contributed by atoms with Crippen molar-refractivity contribution in [1.82, 2.24) is 20.2 Å². The Bertz CT molecular complexity index is 833. The van der Waals surface area contributed by atoms with E-state index in [-0.39, 0.29) is 18.4 Å². The molecule has 6 nitrogen and oxygen atoms in total. The van der Waals surface area contributed by atoms with Gasteiger partial charge in [-0.2, -0.15) is 0 Å². The van der Waals surface area contributed by atoms with Crippen LogP contribution in [0.15, 0.2) is 67.3 Å². The molecule has 26 heavy (non-hydrogen) atoms. The molecule has 2 amide bonds. The first-order valence-electron chi connectivity index (χ1n) is 8.14. The number of urea groups is 1. The number of imidazole rings is 1. The molecule has 1 aromatic heterocycles. The fourth-order valence-corrected chi connectivity index (χ4v) is 2.43. The molecule has 3 rings (SSSR count). The Balaban J connectivity index is 1.44. The Labute approximate surface area is 150 Å². The second kappa shape index (κ2) is 8.26. The minimum Gasteiger partial charge on any atom is -0.387 e. The average molecular weight is 354 g/mol. The van der Waals surface area contributed by atoms with E-state index in [1.807, 2.05) is 35.0 Å². The third-order valence-corrected chi connectivity index (χ3v) is 3.90. The van der Waals surface area contributed by atoms with Crippen LogP contribution < -0.4 is 10.6 Å². The van der Waals surface area contributed by atoms with E-state index in [9.17, 15) is 14.3 Å². The van der Waals surface area contributed by atoms with Crippen LogP contribution in [0.5, 0.6) is 0 Å². The molecule has 0 aliphatic carbocycles. The summed E-state index contributed by atoms with van der Waals surface area (Å²) in [5.41, 5.74) is 2.48. The third kappa shape index (κ3) is 4.67. The first kappa shape index (κ1) is 17.6. The standard InChI is InChI=1S/C19H19FN4O2/c20-16-5-3-15(4-6-16)18(25)12-23-19(26)22-11-14-1-7-17(8-2-14)24-10-9-21-13-24/h1-10,13,18,25H,11-12H2,(H2,22,23,26). The summed E-state index contributed by atoms with van der Waals surface area (Å²) in [6.07, 6.45) is 4.39. The first-order chi connectivity index (χ1) is 12.6. The van der Waals surface area contributed by atoms with Crippen LogP contribution in [-0.2, 0) is 6.54 Å². The zero-order chi connectivity index (χ0) is 18.4. The van der Waals surface area contributed by atoms with Crippen molar-refractivity contribution in [3.8, 4) is 5.69 Å². The highest BCUT2D eigenvalue weighted by Gasteiger charge is 2.09. The van der Waals surface area contributed by atoms with E-state index in [0.29, 0.717) is 12.1 Å². The number of hydrogen-bond acceptors (Lipinski definition) is 3. The van der Waals surface area contributed by atoms with Gasteiger partial charge < -0.3 is 20.3 Å². The molecule has 0 spiro atoms. The smallest absolute Gasteiger partial charge is 0.315 e. The first-order valence-corrected chi connectivity index (χ1v) is 8.14. The highest BCUT2D eigenvalue weighted by Crippen LogP contribution is 2.12. The number of hydrogen-bond donors (Lipinski definition) is 3. The van der Waals surface area contributed by atoms with E-state index in [4.69, 9.17) is 0 Å². The average Bonchev–Trinajstić information content (AvgIpc) is 3.20. The zero-order valence-electron chi connectivity index (χ0n) is 14.0. The number of amides is 2. The monoisotopic (exact) mass is 354 g/mol. The molecule has 7 heteroatoms. The summed E-state index contributed by atoms with van der Waals surface area (Å²) in [6.45, 7) is 0.402. The number of aliphatic hydroxyl groups is 1. The van der Waals surface area contributed by atoms with Crippen molar-refractivity contribution in [2.75, 3.05) is 6.54 Å². The van der Waals surface area contributed by atoms with E-state index in [1.165, 1.54) is 24.3 Å². The molecule has 1 heterocycles. The van der Waals surface area contributed by atoms with Crippen LogP contribution in [0.1, 0.15) is 17.2 Å². The number of carbonyl (C=O) groups is 1. The lowest BCUT2D eigenvalue weighted by Crippen LogP contribution is -2.37. The van der Waals surface area contributed by atoms with Gasteiger partial charge in [0.25, 0.3) is 0 Å². The molecular formula is C19H19FN4O2. The molecule has 0 saturated heterocycles. The number of halogens is 1. The molecule has 0 aliphatic heterocycles. The number of carbonyl (C=O) groups excluding carboxylic acids is 1. The summed E-state index contributed by atoms with van der Waals surface area (Å²) in [6, 6.07) is 12.8. The Morgan fingerprint density at radius 2 is 1.85 bits per heavy atom. The predicted molar refractivity (Wildman–Crippen MR) is 95.2 cm³/mol. The van der Waals surface area contributed by atoms with E-state index in [2.05, 4.69) is 15.6 Å². The van der Waals surface area contributed by atoms with Crippen molar-refractivity contribution in [3.63, 3.8) is 0 Å². The minimum atomic E-state index is -0.893. The summed E-state index contributed by atoms with van der Waals surface area (Å²) >= 11 is 0. The molecule has 134 valence electrons. The fourth-order valence-electron chi connectivity index (χ4n) is 2.43. The maximum absolute atomic E-state index is 12.9. The van der Waals surface area contributed by atoms with E-state index in [0.717, 1.165) is 11.3 Å². The van der Waals surface area contributed by atoms with Gasteiger partial charge in [-0.05, 0) is 35.4 Å². The van der Waals surface area contributed by atoms with Gasteiger partial charge in [-0.25, -0.2) is 14.2 Å². The molecule has 3 N–H and O–H groups in total. The molecule has 0 saturated carbocycles. The number of nitrogens with zero attached hydrogens (tertiary/aromatic N) is 2. The minimum absolute atomic E-state index is 0.0387. The van der Waals surface area contributed by atoms with E-state index in [1.54, 1.807) is 12.5 Å². The SMILES string of the molecule is O=C(NCc1ccc(-n2ccnc2)cc1)NCC(O)c1ccc(F)cc1. The van der Waals surface area contributed by atoms with Crippen molar-refractivity contribution in [2.45, 2.75) is 12.6 Å². The van der Waals surface area contributed by atoms with Gasteiger partial charge in [-0.15, -0.1) is 0 Å². The number of nitrogens with one attached hydrogen (secondary N) is 2. The summed E-state index contributed by atoms with van der Waals surface area (Å²) in [7, 11) is 0. The van der Waals surface area contributed by atoms with Crippen molar-refractivity contribution in [1.29, 1.82) is 0 Å². The summed E-state index contributed by atoms with van der Waals surface area (Å²) < 4.78 is 14.8. The van der Waals surface area contributed by atoms with Gasteiger partial charge in [-0.3, -0.25) is 0 Å². The Kier molecular flexibility index (Phi) is 5.60. The van der Waals surface area contributed by atoms with Gasteiger partial charge in [0.15, 0.2) is 0 Å². The lowest BCUT2D eigenvalue weighted by atomic mass is 10.1. The molecule has 0 bridgehead atoms. The lowest BCUT2D eigenvalue weighted by molar-refractivity contribution is 0.173. The summed E-state index contributed by atoms with van der Waals surface area (Å²) in [4.78, 5) is 15.9. The van der Waals surface area contributed by atoms with Crippen molar-refractivity contribution >= 4 is 6.03 Å². The van der Waals surface area contributed by atoms with Gasteiger partial charge in [0, 0.05) is 31.2 Å². The van der Waals surface area contributed by atoms with E-state index < -0.39 is 6.10 Å². The summed E-state index contributed by atoms with van der Waals surface area (Å²) in [5.74, 6) is -0.370. The maximum atomic E-state index is 12.9. The molecule has 2 aromatic carbocycles. The van der Waals surface area contributed by atoms with Crippen LogP contribution in [0.3, 0.4) is 0 Å². The third-order valence-electron chi connectivity index (χ3n) is 3.90. The van der Waals surface area contributed by atoms with Gasteiger partial charge in [-0.1, -0.05) is 24.3 Å². The normalized spacial score (nSPS) is 11.8.